The number of ketones is 1. The van der Waals surface area contributed by atoms with Gasteiger partial charge in [-0.3, -0.25) is 10.2 Å². The number of hydrogen-bond donors (Lipinski definition) is 2. The topological polar surface area (TPSA) is 104 Å². The van der Waals surface area contributed by atoms with Crippen LogP contribution in [0.5, 0.6) is 0 Å². The van der Waals surface area contributed by atoms with Gasteiger partial charge in [-0.2, -0.15) is 0 Å². The molecule has 1 aromatic rings. The van der Waals surface area contributed by atoms with Crippen LogP contribution in [-0.4, -0.2) is 28.9 Å². The third-order valence-electron chi connectivity index (χ3n) is 3.58. The molecule has 0 aromatic carbocycles. The Bertz CT molecular complexity index is 862. The summed E-state index contributed by atoms with van der Waals surface area (Å²) < 4.78 is 5.47. The van der Waals surface area contributed by atoms with Crippen molar-refractivity contribution in [1.82, 2.24) is 0 Å². The van der Waals surface area contributed by atoms with Crippen molar-refractivity contribution in [3.8, 4) is 0 Å². The highest BCUT2D eigenvalue weighted by atomic mass is 16.4. The first-order valence-corrected chi connectivity index (χ1v) is 7.65. The second-order valence-electron chi connectivity index (χ2n) is 5.40. The summed E-state index contributed by atoms with van der Waals surface area (Å²) in [5, 5.41) is 17.1. The Morgan fingerprint density at radius 1 is 1.56 bits per heavy atom. The highest BCUT2D eigenvalue weighted by molar-refractivity contribution is 6.08. The molecule has 25 heavy (non-hydrogen) atoms. The number of Topliss-reactive ketones (excluding diaryl/α,β-unsaturated/α-hetero) is 1. The van der Waals surface area contributed by atoms with E-state index in [0.29, 0.717) is 17.8 Å². The summed E-state index contributed by atoms with van der Waals surface area (Å²) in [6.07, 6.45) is 8.48. The van der Waals surface area contributed by atoms with E-state index in [2.05, 4.69) is 17.3 Å². The minimum absolute atomic E-state index is 0.00550. The maximum atomic E-state index is 12.7. The molecular weight excluding hydrogens is 320 g/mol. The molecule has 0 amide bonds. The summed E-state index contributed by atoms with van der Waals surface area (Å²) in [6, 6.07) is 0. The van der Waals surface area contributed by atoms with Crippen LogP contribution < -0.4 is 0 Å². The highest BCUT2D eigenvalue weighted by Crippen LogP contribution is 2.27. The maximum Gasteiger partial charge on any atom is 0.340 e. The van der Waals surface area contributed by atoms with Crippen LogP contribution >= 0.6 is 0 Å². The number of carboxylic acid groups (broad SMARTS) is 1. The number of furan rings is 1. The lowest BCUT2D eigenvalue weighted by Gasteiger charge is -2.03. The number of nitrogens with one attached hydrogen (secondary N) is 1. The first-order valence-electron chi connectivity index (χ1n) is 7.65. The van der Waals surface area contributed by atoms with Crippen LogP contribution in [0.4, 0.5) is 0 Å². The standard InChI is InChI=1S/C19H18N2O4/c1-3-10-21-16(20)9-8-13-6-4-5-7-15-18(14(22)11-13)17(19(23)24)12(2)25-15/h3,5-6,8,10,20H,1,7,9,11H2,2H3,(H,23,24)/b13-8+,20-16?,21-10+. The molecule has 1 heterocycles. The summed E-state index contributed by atoms with van der Waals surface area (Å²) in [6.45, 7) is 5.02. The number of aliphatic imine (C=N–C) groups is 1. The lowest BCUT2D eigenvalue weighted by molar-refractivity contribution is 0.0690. The fourth-order valence-electron chi connectivity index (χ4n) is 2.50. The number of nitrogens with zero attached hydrogens (tertiary/aromatic N) is 1. The van der Waals surface area contributed by atoms with Gasteiger partial charge in [0.15, 0.2) is 5.78 Å². The zero-order chi connectivity index (χ0) is 18.4. The van der Waals surface area contributed by atoms with Gasteiger partial charge < -0.3 is 9.52 Å². The number of amidine groups is 1. The zero-order valence-corrected chi connectivity index (χ0v) is 13.8. The SMILES string of the molecule is C=C/C=N/C(=N)C/C=C1\C=C=CCc2oc(C)c(C(=O)O)c2C(=O)C1. The Morgan fingerprint density at radius 2 is 2.32 bits per heavy atom. The van der Waals surface area contributed by atoms with Crippen LogP contribution in [0.25, 0.3) is 0 Å². The molecule has 0 saturated carbocycles. The van der Waals surface area contributed by atoms with Crippen LogP contribution in [0, 0.1) is 12.3 Å². The van der Waals surface area contributed by atoms with E-state index in [9.17, 15) is 14.7 Å². The van der Waals surface area contributed by atoms with Gasteiger partial charge in [-0.1, -0.05) is 18.7 Å². The molecule has 0 unspecified atom stereocenters. The Balaban J connectivity index is 2.34. The van der Waals surface area contributed by atoms with Gasteiger partial charge in [0.2, 0.25) is 0 Å². The first kappa shape index (κ1) is 18.1. The van der Waals surface area contributed by atoms with Gasteiger partial charge in [0.1, 0.15) is 22.9 Å². The minimum Gasteiger partial charge on any atom is -0.478 e. The van der Waals surface area contributed by atoms with Crippen LogP contribution in [0.3, 0.4) is 0 Å². The number of carbonyl (C=O) groups is 2. The van der Waals surface area contributed by atoms with Gasteiger partial charge in [-0.05, 0) is 24.6 Å². The van der Waals surface area contributed by atoms with Crippen molar-refractivity contribution in [2.24, 2.45) is 4.99 Å². The summed E-state index contributed by atoms with van der Waals surface area (Å²) in [5.74, 6) is -0.827. The van der Waals surface area contributed by atoms with Crippen molar-refractivity contribution >= 4 is 23.8 Å². The molecule has 1 aliphatic carbocycles. The largest absolute Gasteiger partial charge is 0.478 e. The Morgan fingerprint density at radius 3 is 3.00 bits per heavy atom. The minimum atomic E-state index is -1.18. The molecule has 2 rings (SSSR count). The molecule has 128 valence electrons. The van der Waals surface area contributed by atoms with Gasteiger partial charge in [-0.25, -0.2) is 9.79 Å². The van der Waals surface area contributed by atoms with Gasteiger partial charge in [0.05, 0.1) is 5.56 Å². The third-order valence-corrected chi connectivity index (χ3v) is 3.58. The first-order chi connectivity index (χ1) is 11.9. The molecule has 0 saturated heterocycles. The maximum absolute atomic E-state index is 12.7. The Hall–Kier alpha value is -3.24. The van der Waals surface area contributed by atoms with Crippen molar-refractivity contribution in [3.63, 3.8) is 0 Å². The molecule has 1 aliphatic rings. The summed E-state index contributed by atoms with van der Waals surface area (Å²) in [7, 11) is 0. The van der Waals surface area contributed by atoms with Gasteiger partial charge >= 0.3 is 5.97 Å². The van der Waals surface area contributed by atoms with E-state index >= 15 is 0 Å². The number of carboxylic acids is 1. The van der Waals surface area contributed by atoms with Gasteiger partial charge in [0.25, 0.3) is 0 Å². The van der Waals surface area contributed by atoms with Crippen LogP contribution in [-0.2, 0) is 6.42 Å². The molecule has 0 fully saturated rings. The Kier molecular flexibility index (Phi) is 5.82. The predicted molar refractivity (Wildman–Crippen MR) is 94.8 cm³/mol. The summed E-state index contributed by atoms with van der Waals surface area (Å²) in [5.41, 5.74) is 3.63. The van der Waals surface area contributed by atoms with E-state index in [1.165, 1.54) is 19.2 Å². The second kappa shape index (κ2) is 8.04. The van der Waals surface area contributed by atoms with Crippen LogP contribution in [0.15, 0.2) is 51.6 Å². The Labute approximate surface area is 145 Å². The molecular formula is C19H18N2O4. The van der Waals surface area contributed by atoms with E-state index in [-0.39, 0.29) is 41.3 Å². The molecule has 0 spiro atoms. The lowest BCUT2D eigenvalue weighted by atomic mass is 9.98. The van der Waals surface area contributed by atoms with E-state index in [4.69, 9.17) is 9.83 Å². The lowest BCUT2D eigenvalue weighted by Crippen LogP contribution is -2.09. The van der Waals surface area contributed by atoms with Crippen molar-refractivity contribution in [2.45, 2.75) is 26.2 Å². The molecule has 0 bridgehead atoms. The average molecular weight is 338 g/mol. The van der Waals surface area contributed by atoms with E-state index in [1.807, 2.05) is 0 Å². The molecule has 6 heteroatoms. The fourth-order valence-corrected chi connectivity index (χ4v) is 2.50. The number of allylic oxidation sites excluding steroid dienone is 3. The fraction of sp³-hybridized carbons (Fsp3) is 0.211. The number of fused-ring (bicyclic) bond motifs is 1. The summed E-state index contributed by atoms with van der Waals surface area (Å²) >= 11 is 0. The molecule has 0 radical (unpaired) electrons. The highest BCUT2D eigenvalue weighted by Gasteiger charge is 2.27. The van der Waals surface area contributed by atoms with E-state index in [1.54, 1.807) is 18.2 Å². The normalized spacial score (nSPS) is 15.7. The zero-order valence-electron chi connectivity index (χ0n) is 13.8. The number of carbonyl (C=O) groups excluding carboxylic acids is 1. The summed E-state index contributed by atoms with van der Waals surface area (Å²) in [4.78, 5) is 28.0. The predicted octanol–water partition coefficient (Wildman–Crippen LogP) is 3.68. The molecule has 6 nitrogen and oxygen atoms in total. The molecule has 1 aromatic heterocycles. The number of hydrogen-bond acceptors (Lipinski definition) is 4. The smallest absolute Gasteiger partial charge is 0.340 e. The molecule has 0 aliphatic heterocycles. The number of aromatic carboxylic acids is 1. The molecule has 0 atom stereocenters. The van der Waals surface area contributed by atoms with Crippen molar-refractivity contribution < 1.29 is 19.1 Å². The quantitative estimate of drug-likeness (QED) is 0.496. The van der Waals surface area contributed by atoms with Crippen LogP contribution in [0.1, 0.15) is 45.1 Å². The van der Waals surface area contributed by atoms with Crippen LogP contribution in [0.2, 0.25) is 0 Å². The van der Waals surface area contributed by atoms with Gasteiger partial charge in [-0.15, -0.1) is 5.73 Å². The van der Waals surface area contributed by atoms with Crippen molar-refractivity contribution in [1.29, 1.82) is 5.41 Å². The average Bonchev–Trinajstić information content (AvgIpc) is 2.92. The van der Waals surface area contributed by atoms with Gasteiger partial charge in [0, 0.05) is 25.5 Å². The third kappa shape index (κ3) is 4.40. The number of rotatable bonds is 4. The van der Waals surface area contributed by atoms with E-state index in [0.717, 1.165) is 0 Å². The molecule has 2 N–H and O–H groups in total. The number of aryl methyl sites for hydroxylation is 1. The van der Waals surface area contributed by atoms with Crippen molar-refractivity contribution in [3.05, 3.63) is 64.8 Å². The van der Waals surface area contributed by atoms with E-state index < -0.39 is 5.97 Å². The van der Waals surface area contributed by atoms with Crippen molar-refractivity contribution in [2.75, 3.05) is 0 Å². The monoisotopic (exact) mass is 338 g/mol. The second-order valence-corrected chi connectivity index (χ2v) is 5.40.